The van der Waals surface area contributed by atoms with Crippen LogP contribution in [0.5, 0.6) is 0 Å². The number of hydrogen-bond donors (Lipinski definition) is 0. The molecule has 0 radical (unpaired) electrons. The van der Waals surface area contributed by atoms with Crippen molar-refractivity contribution in [3.8, 4) is 0 Å². The lowest BCUT2D eigenvalue weighted by Gasteiger charge is -2.16. The summed E-state index contributed by atoms with van der Waals surface area (Å²) < 4.78 is 6.30. The van der Waals surface area contributed by atoms with Crippen LogP contribution in [0.2, 0.25) is 0 Å². The fraction of sp³-hybridized carbons (Fsp3) is 0.0606. The van der Waals surface area contributed by atoms with Crippen molar-refractivity contribution in [1.82, 2.24) is 0 Å². The van der Waals surface area contributed by atoms with Gasteiger partial charge in [0.15, 0.2) is 0 Å². The van der Waals surface area contributed by atoms with Gasteiger partial charge >= 0.3 is 0 Å². The fourth-order valence-electron chi connectivity index (χ4n) is 4.90. The fourth-order valence-corrected chi connectivity index (χ4v) is 4.90. The topological polar surface area (TPSA) is 25.5 Å². The molecule has 168 valence electrons. The number of rotatable bonds is 3. The van der Waals surface area contributed by atoms with Gasteiger partial charge in [0.05, 0.1) is 5.69 Å². The second-order valence-corrected chi connectivity index (χ2v) is 8.94. The normalized spacial score (nSPS) is 18.6. The van der Waals surface area contributed by atoms with Crippen LogP contribution in [0, 0.1) is 0 Å². The molecule has 2 heteroatoms. The smallest absolute Gasteiger partial charge is 0.136 e. The molecule has 6 rings (SSSR count). The second kappa shape index (κ2) is 8.73. The molecule has 2 nitrogen and oxygen atoms in total. The van der Waals surface area contributed by atoms with Crippen molar-refractivity contribution in [2.24, 2.45) is 4.99 Å². The van der Waals surface area contributed by atoms with Crippen LogP contribution in [-0.2, 0) is 0 Å². The largest absolute Gasteiger partial charge is 0.456 e. The molecule has 0 amide bonds. The zero-order valence-corrected chi connectivity index (χ0v) is 19.7. The van der Waals surface area contributed by atoms with Crippen molar-refractivity contribution in [2.75, 3.05) is 0 Å². The van der Waals surface area contributed by atoms with Gasteiger partial charge in [-0.15, -0.1) is 0 Å². The lowest BCUT2D eigenvalue weighted by molar-refractivity contribution is 0.669. The van der Waals surface area contributed by atoms with E-state index >= 15 is 0 Å². The van der Waals surface area contributed by atoms with Crippen LogP contribution in [0.3, 0.4) is 0 Å². The summed E-state index contributed by atoms with van der Waals surface area (Å²) in [6.07, 6.45) is 17.7. The molecule has 0 bridgehead atoms. The summed E-state index contributed by atoms with van der Waals surface area (Å²) in [5.74, 6) is 0. The lowest BCUT2D eigenvalue weighted by Crippen LogP contribution is -1.93. The number of hydrogen-bond acceptors (Lipinski definition) is 2. The highest BCUT2D eigenvalue weighted by molar-refractivity contribution is 6.14. The number of furan rings is 1. The first-order valence-corrected chi connectivity index (χ1v) is 11.9. The Labute approximate surface area is 205 Å². The quantitative estimate of drug-likeness (QED) is 0.305. The van der Waals surface area contributed by atoms with Gasteiger partial charge in [0.1, 0.15) is 11.2 Å². The van der Waals surface area contributed by atoms with Crippen LogP contribution in [0.4, 0.5) is 5.69 Å². The Morgan fingerprint density at radius 1 is 0.971 bits per heavy atom. The van der Waals surface area contributed by atoms with Gasteiger partial charge in [-0.25, -0.2) is 0 Å². The van der Waals surface area contributed by atoms with Crippen molar-refractivity contribution in [2.45, 2.75) is 13.3 Å². The van der Waals surface area contributed by atoms with Gasteiger partial charge in [0.2, 0.25) is 0 Å². The van der Waals surface area contributed by atoms with Crippen LogP contribution in [0.1, 0.15) is 30.0 Å². The SMILES string of the molecule is C=C(/C=C1/C=CC(c2ccccc2)=CC1)c1cc2oc3ccccc3c2c2c1N=C/C=C\C=C\2C. The predicted molar refractivity (Wildman–Crippen MR) is 150 cm³/mol. The molecular weight excluding hydrogens is 426 g/mol. The molecular formula is C33H25NO. The van der Waals surface area contributed by atoms with E-state index < -0.39 is 0 Å². The summed E-state index contributed by atoms with van der Waals surface area (Å²) in [5, 5.41) is 2.21. The van der Waals surface area contributed by atoms with E-state index in [0.717, 1.165) is 56.3 Å². The van der Waals surface area contributed by atoms with Crippen molar-refractivity contribution in [3.63, 3.8) is 0 Å². The molecule has 35 heavy (non-hydrogen) atoms. The molecule has 4 aromatic rings. The molecule has 0 atom stereocenters. The van der Waals surface area contributed by atoms with Gasteiger partial charge in [-0.2, -0.15) is 0 Å². The number of aliphatic imine (C=N–C) groups is 1. The maximum atomic E-state index is 6.30. The van der Waals surface area contributed by atoms with Crippen molar-refractivity contribution >= 4 is 50.6 Å². The molecule has 2 heterocycles. The number of nitrogens with zero attached hydrogens (tertiary/aromatic N) is 1. The first kappa shape index (κ1) is 21.1. The second-order valence-electron chi connectivity index (χ2n) is 8.94. The summed E-state index contributed by atoms with van der Waals surface area (Å²) in [4.78, 5) is 4.89. The average Bonchev–Trinajstić information content (AvgIpc) is 3.25. The molecule has 0 N–H and O–H groups in total. The summed E-state index contributed by atoms with van der Waals surface area (Å²) >= 11 is 0. The highest BCUT2D eigenvalue weighted by Crippen LogP contribution is 2.44. The first-order chi connectivity index (χ1) is 17.2. The third kappa shape index (κ3) is 3.83. The van der Waals surface area contributed by atoms with Crippen LogP contribution in [-0.4, -0.2) is 6.21 Å². The van der Waals surface area contributed by atoms with Crippen LogP contribution < -0.4 is 0 Å². The Morgan fingerprint density at radius 3 is 2.63 bits per heavy atom. The van der Waals surface area contributed by atoms with Crippen LogP contribution >= 0.6 is 0 Å². The highest BCUT2D eigenvalue weighted by Gasteiger charge is 2.21. The Bertz CT molecular complexity index is 1670. The molecule has 0 spiro atoms. The standard InChI is InChI=1S/C33H25NO/c1-22-10-8-9-19-34-33-28(21-30-32(31(22)33)27-13-6-7-14-29(27)35-30)23(2)20-24-15-17-26(18-16-24)25-11-4-3-5-12-25/h3-15,17-21H,2,16H2,1H3/b9-8-,10-8?,19-9?,22-10+,24-20-,31-22?,34-19?,34-33?. The lowest BCUT2D eigenvalue weighted by atomic mass is 9.90. The summed E-state index contributed by atoms with van der Waals surface area (Å²) in [5.41, 5.74) is 10.6. The number of benzene rings is 3. The Balaban J connectivity index is 1.46. The zero-order valence-electron chi connectivity index (χ0n) is 19.7. The molecule has 0 saturated carbocycles. The summed E-state index contributed by atoms with van der Waals surface area (Å²) in [6.45, 7) is 6.60. The first-order valence-electron chi connectivity index (χ1n) is 11.9. The van der Waals surface area contributed by atoms with Crippen molar-refractivity contribution in [1.29, 1.82) is 0 Å². The van der Waals surface area contributed by atoms with Crippen molar-refractivity contribution < 1.29 is 4.42 Å². The van der Waals surface area contributed by atoms with Gasteiger partial charge in [0.25, 0.3) is 0 Å². The monoisotopic (exact) mass is 451 g/mol. The zero-order chi connectivity index (χ0) is 23.8. The Kier molecular flexibility index (Phi) is 5.27. The summed E-state index contributed by atoms with van der Waals surface area (Å²) in [6, 6.07) is 20.8. The minimum atomic E-state index is 0.859. The van der Waals surface area contributed by atoms with E-state index in [1.54, 1.807) is 0 Å². The Morgan fingerprint density at radius 2 is 1.80 bits per heavy atom. The van der Waals surface area contributed by atoms with Gasteiger partial charge in [-0.05, 0) is 59.4 Å². The maximum Gasteiger partial charge on any atom is 0.136 e. The highest BCUT2D eigenvalue weighted by atomic mass is 16.3. The van der Waals surface area contributed by atoms with E-state index in [2.05, 4.69) is 86.3 Å². The van der Waals surface area contributed by atoms with Crippen LogP contribution in [0.25, 0.3) is 38.7 Å². The molecule has 3 aromatic carbocycles. The van der Waals surface area contributed by atoms with Crippen molar-refractivity contribution in [3.05, 3.63) is 132 Å². The molecule has 1 aliphatic carbocycles. The van der Waals surface area contributed by atoms with Gasteiger partial charge in [-0.3, -0.25) is 4.99 Å². The van der Waals surface area contributed by atoms with E-state index in [1.807, 2.05) is 36.6 Å². The minimum Gasteiger partial charge on any atom is -0.456 e. The third-order valence-electron chi connectivity index (χ3n) is 6.63. The van der Waals surface area contributed by atoms with Gasteiger partial charge < -0.3 is 4.42 Å². The molecule has 2 aliphatic rings. The molecule has 0 unspecified atom stereocenters. The molecule has 1 aliphatic heterocycles. The van der Waals surface area contributed by atoms with E-state index in [-0.39, 0.29) is 0 Å². The van der Waals surface area contributed by atoms with E-state index in [9.17, 15) is 0 Å². The predicted octanol–water partition coefficient (Wildman–Crippen LogP) is 9.24. The van der Waals surface area contributed by atoms with E-state index in [0.29, 0.717) is 0 Å². The van der Waals surface area contributed by atoms with Gasteiger partial charge in [0, 0.05) is 28.1 Å². The third-order valence-corrected chi connectivity index (χ3v) is 6.63. The molecule has 0 fully saturated rings. The molecule has 1 aromatic heterocycles. The number of fused-ring (bicyclic) bond motifs is 5. The minimum absolute atomic E-state index is 0.859. The van der Waals surface area contributed by atoms with Gasteiger partial charge in [-0.1, -0.05) is 91.6 Å². The number of para-hydroxylation sites is 1. The van der Waals surface area contributed by atoms with E-state index in [1.165, 1.54) is 16.7 Å². The maximum absolute atomic E-state index is 6.30. The average molecular weight is 452 g/mol. The van der Waals surface area contributed by atoms with E-state index in [4.69, 9.17) is 9.41 Å². The number of allylic oxidation sites excluding steroid dienone is 11. The Hall–Kier alpha value is -4.43. The van der Waals surface area contributed by atoms with Crippen LogP contribution in [0.15, 0.2) is 125 Å². The summed E-state index contributed by atoms with van der Waals surface area (Å²) in [7, 11) is 0. The molecule has 0 saturated heterocycles.